The second-order valence-electron chi connectivity index (χ2n) is 4.60. The van der Waals surface area contributed by atoms with Crippen molar-refractivity contribution in [2.24, 2.45) is 0 Å². The van der Waals surface area contributed by atoms with Crippen LogP contribution in [-0.4, -0.2) is 61.1 Å². The molecular formula is C11H14N2O9. The summed E-state index contributed by atoms with van der Waals surface area (Å²) in [6, 6.07) is 0. The first-order valence-electron chi connectivity index (χ1n) is 6.17. The van der Waals surface area contributed by atoms with Crippen LogP contribution >= 0.6 is 0 Å². The predicted molar refractivity (Wildman–Crippen MR) is 67.1 cm³/mol. The van der Waals surface area contributed by atoms with E-state index in [1.807, 2.05) is 4.98 Å². The van der Waals surface area contributed by atoms with Crippen LogP contribution in [0.3, 0.4) is 0 Å². The third-order valence-corrected chi connectivity index (χ3v) is 3.18. The summed E-state index contributed by atoms with van der Waals surface area (Å²) in [5.74, 6) is 0. The largest absolute Gasteiger partial charge is 0.506 e. The molecule has 4 atom stereocenters. The summed E-state index contributed by atoms with van der Waals surface area (Å²) in [7, 11) is 0. The van der Waals surface area contributed by atoms with Crippen LogP contribution in [0.15, 0.2) is 15.8 Å². The fourth-order valence-corrected chi connectivity index (χ4v) is 2.07. The molecule has 0 bridgehead atoms. The smallest absolute Gasteiger partial charge is 0.450 e. The lowest BCUT2D eigenvalue weighted by Gasteiger charge is -2.17. The van der Waals surface area contributed by atoms with Gasteiger partial charge in [-0.05, 0) is 0 Å². The molecule has 2 unspecified atom stereocenters. The average molecular weight is 318 g/mol. The molecule has 1 fully saturated rings. The molecule has 122 valence electrons. The van der Waals surface area contributed by atoms with Gasteiger partial charge in [0, 0.05) is 6.20 Å². The van der Waals surface area contributed by atoms with E-state index in [2.05, 4.69) is 4.74 Å². The predicted octanol–water partition coefficient (Wildman–Crippen LogP) is -2.66. The molecular weight excluding hydrogens is 304 g/mol. The SMILES string of the molecule is O=C(O)OCc1cn([C@H]2O[C@@H](CO)C(O)C2O)c(=O)[nH]c1=O. The van der Waals surface area contributed by atoms with E-state index in [0.717, 1.165) is 10.8 Å². The normalized spacial score (nSPS) is 27.8. The van der Waals surface area contributed by atoms with Crippen LogP contribution in [0.5, 0.6) is 0 Å². The fourth-order valence-electron chi connectivity index (χ4n) is 2.07. The maximum atomic E-state index is 11.8. The highest BCUT2D eigenvalue weighted by Crippen LogP contribution is 2.27. The highest BCUT2D eigenvalue weighted by atomic mass is 16.7. The third-order valence-electron chi connectivity index (χ3n) is 3.18. The molecule has 2 heterocycles. The minimum atomic E-state index is -1.61. The first-order chi connectivity index (χ1) is 10.3. The molecule has 22 heavy (non-hydrogen) atoms. The van der Waals surface area contributed by atoms with E-state index in [1.165, 1.54) is 0 Å². The lowest BCUT2D eigenvalue weighted by molar-refractivity contribution is -0.0552. The van der Waals surface area contributed by atoms with Gasteiger partial charge in [0.2, 0.25) is 0 Å². The molecule has 0 aliphatic carbocycles. The summed E-state index contributed by atoms with van der Waals surface area (Å²) in [5.41, 5.74) is -1.98. The Hall–Kier alpha value is -2.21. The molecule has 1 aromatic heterocycles. The molecule has 1 aliphatic rings. The van der Waals surface area contributed by atoms with Crippen LogP contribution in [0.4, 0.5) is 4.79 Å². The molecule has 1 aliphatic heterocycles. The summed E-state index contributed by atoms with van der Waals surface area (Å²) in [5, 5.41) is 36.9. The zero-order chi connectivity index (χ0) is 16.4. The van der Waals surface area contributed by atoms with Crippen LogP contribution in [-0.2, 0) is 16.1 Å². The van der Waals surface area contributed by atoms with E-state index >= 15 is 0 Å². The molecule has 1 aromatic rings. The third kappa shape index (κ3) is 3.01. The quantitative estimate of drug-likeness (QED) is 0.371. The van der Waals surface area contributed by atoms with E-state index in [1.54, 1.807) is 0 Å². The lowest BCUT2D eigenvalue weighted by atomic mass is 10.1. The monoisotopic (exact) mass is 318 g/mol. The Balaban J connectivity index is 2.35. The van der Waals surface area contributed by atoms with Gasteiger partial charge in [0.15, 0.2) is 6.23 Å². The maximum absolute atomic E-state index is 11.8. The van der Waals surface area contributed by atoms with Crippen molar-refractivity contribution in [3.8, 4) is 0 Å². The van der Waals surface area contributed by atoms with Gasteiger partial charge in [-0.25, -0.2) is 9.59 Å². The van der Waals surface area contributed by atoms with Crippen molar-refractivity contribution in [2.45, 2.75) is 31.1 Å². The van der Waals surface area contributed by atoms with Gasteiger partial charge in [0.05, 0.1) is 12.2 Å². The summed E-state index contributed by atoms with van der Waals surface area (Å²) in [6.07, 6.45) is -6.03. The van der Waals surface area contributed by atoms with E-state index in [9.17, 15) is 24.6 Å². The minimum absolute atomic E-state index is 0.195. The molecule has 5 N–H and O–H groups in total. The van der Waals surface area contributed by atoms with Gasteiger partial charge in [0.1, 0.15) is 24.9 Å². The minimum Gasteiger partial charge on any atom is -0.450 e. The highest BCUT2D eigenvalue weighted by Gasteiger charge is 2.43. The number of aromatic amines is 1. The number of rotatable bonds is 4. The average Bonchev–Trinajstić information content (AvgIpc) is 2.74. The molecule has 0 radical (unpaired) electrons. The molecule has 1 saturated heterocycles. The van der Waals surface area contributed by atoms with Crippen LogP contribution in [0.25, 0.3) is 0 Å². The van der Waals surface area contributed by atoms with Gasteiger partial charge in [-0.15, -0.1) is 0 Å². The van der Waals surface area contributed by atoms with E-state index in [-0.39, 0.29) is 5.56 Å². The molecule has 11 heteroatoms. The van der Waals surface area contributed by atoms with Crippen molar-refractivity contribution in [1.82, 2.24) is 9.55 Å². The van der Waals surface area contributed by atoms with Gasteiger partial charge in [-0.1, -0.05) is 0 Å². The van der Waals surface area contributed by atoms with Crippen molar-refractivity contribution >= 4 is 6.16 Å². The van der Waals surface area contributed by atoms with Crippen molar-refractivity contribution in [2.75, 3.05) is 6.61 Å². The highest BCUT2D eigenvalue weighted by molar-refractivity contribution is 5.56. The summed E-state index contributed by atoms with van der Waals surface area (Å²) >= 11 is 0. The molecule has 0 aromatic carbocycles. The number of aromatic nitrogens is 2. The lowest BCUT2D eigenvalue weighted by Crippen LogP contribution is -2.39. The Labute approximate surface area is 122 Å². The van der Waals surface area contributed by atoms with Crippen LogP contribution in [0.2, 0.25) is 0 Å². The Kier molecular flexibility index (Phi) is 4.61. The number of carbonyl (C=O) groups is 1. The Morgan fingerprint density at radius 2 is 2.05 bits per heavy atom. The zero-order valence-electron chi connectivity index (χ0n) is 11.1. The maximum Gasteiger partial charge on any atom is 0.506 e. The van der Waals surface area contributed by atoms with Crippen LogP contribution in [0, 0.1) is 0 Å². The van der Waals surface area contributed by atoms with Crippen molar-refractivity contribution in [3.05, 3.63) is 32.6 Å². The molecule has 0 saturated carbocycles. The number of aliphatic hydroxyl groups is 3. The van der Waals surface area contributed by atoms with E-state index in [4.69, 9.17) is 14.9 Å². The number of nitrogens with zero attached hydrogens (tertiary/aromatic N) is 1. The Bertz CT molecular complexity index is 666. The summed E-state index contributed by atoms with van der Waals surface area (Å²) in [6.45, 7) is -1.19. The zero-order valence-corrected chi connectivity index (χ0v) is 11.1. The second kappa shape index (κ2) is 6.27. The number of aliphatic hydroxyl groups excluding tert-OH is 3. The fraction of sp³-hybridized carbons (Fsp3) is 0.545. The number of H-pyrrole nitrogens is 1. The van der Waals surface area contributed by atoms with Gasteiger partial charge in [-0.3, -0.25) is 14.3 Å². The first-order valence-corrected chi connectivity index (χ1v) is 6.17. The van der Waals surface area contributed by atoms with Crippen LogP contribution < -0.4 is 11.2 Å². The Morgan fingerprint density at radius 1 is 1.36 bits per heavy atom. The van der Waals surface area contributed by atoms with Crippen molar-refractivity contribution in [1.29, 1.82) is 0 Å². The number of ether oxygens (including phenoxy) is 2. The van der Waals surface area contributed by atoms with Crippen molar-refractivity contribution < 1.29 is 34.7 Å². The molecule has 11 nitrogen and oxygen atoms in total. The number of hydrogen-bond donors (Lipinski definition) is 5. The first kappa shape index (κ1) is 16.2. The van der Waals surface area contributed by atoms with Gasteiger partial charge < -0.3 is 29.9 Å². The van der Waals surface area contributed by atoms with Gasteiger partial charge >= 0.3 is 11.8 Å². The second-order valence-corrected chi connectivity index (χ2v) is 4.60. The van der Waals surface area contributed by atoms with E-state index < -0.39 is 55.2 Å². The van der Waals surface area contributed by atoms with E-state index in [0.29, 0.717) is 0 Å². The number of hydrogen-bond acceptors (Lipinski definition) is 8. The molecule has 2 rings (SSSR count). The summed E-state index contributed by atoms with van der Waals surface area (Å²) in [4.78, 5) is 35.6. The number of nitrogens with one attached hydrogen (secondary N) is 1. The molecule has 0 amide bonds. The number of carboxylic acid groups (broad SMARTS) is 1. The summed E-state index contributed by atoms with van der Waals surface area (Å²) < 4.78 is 10.2. The standard InChI is InChI=1S/C11H14N2O9/c14-2-5-6(15)7(16)9(22-5)13-1-4(3-21-11(19)20)8(17)12-10(13)18/h1,5-7,9,14-16H,2-3H2,(H,19,20)(H,12,17,18)/t5-,6?,7?,9-/m0/s1. The Morgan fingerprint density at radius 3 is 2.59 bits per heavy atom. The van der Waals surface area contributed by atoms with Crippen LogP contribution in [0.1, 0.15) is 11.8 Å². The molecule has 0 spiro atoms. The van der Waals surface area contributed by atoms with Gasteiger partial charge in [-0.2, -0.15) is 0 Å². The topological polar surface area (TPSA) is 171 Å². The van der Waals surface area contributed by atoms with Crippen molar-refractivity contribution in [3.63, 3.8) is 0 Å². The van der Waals surface area contributed by atoms with Gasteiger partial charge in [0.25, 0.3) is 5.56 Å².